The Balaban J connectivity index is 1.44. The van der Waals surface area contributed by atoms with Crippen molar-refractivity contribution in [1.82, 2.24) is 20.0 Å². The van der Waals surface area contributed by atoms with Crippen molar-refractivity contribution >= 4 is 11.8 Å². The van der Waals surface area contributed by atoms with Gasteiger partial charge in [-0.1, -0.05) is 0 Å². The van der Waals surface area contributed by atoms with Crippen LogP contribution < -0.4 is 0 Å². The molecule has 130 valence electrons. The monoisotopic (exact) mass is 330 g/mol. The molecule has 4 rings (SSSR count). The number of amides is 2. The molecule has 2 amide bonds. The van der Waals surface area contributed by atoms with Crippen LogP contribution in [0.25, 0.3) is 0 Å². The minimum atomic E-state index is -0.0345. The number of rotatable bonds is 2. The minimum absolute atomic E-state index is 0.00513. The van der Waals surface area contributed by atoms with Gasteiger partial charge in [0.2, 0.25) is 5.91 Å². The lowest BCUT2D eigenvalue weighted by Gasteiger charge is -2.36. The van der Waals surface area contributed by atoms with Gasteiger partial charge < -0.3 is 9.80 Å². The summed E-state index contributed by atoms with van der Waals surface area (Å²) in [6.45, 7) is 3.06. The number of aryl methyl sites for hydroxylation is 1. The number of aromatic nitrogens is 2. The zero-order chi connectivity index (χ0) is 16.5. The molecule has 0 saturated carbocycles. The number of aromatic amines is 1. The van der Waals surface area contributed by atoms with Gasteiger partial charge in [-0.25, -0.2) is 0 Å². The number of piperidine rings is 2. The number of carbonyl (C=O) groups excluding carboxylic acids is 2. The summed E-state index contributed by atoms with van der Waals surface area (Å²) in [6.07, 6.45) is 8.29. The van der Waals surface area contributed by atoms with E-state index >= 15 is 0 Å². The van der Waals surface area contributed by atoms with Crippen molar-refractivity contribution in [2.75, 3.05) is 26.2 Å². The molecule has 2 fully saturated rings. The molecule has 1 aromatic rings. The molecule has 0 spiro atoms. The second-order valence-corrected chi connectivity index (χ2v) is 7.36. The summed E-state index contributed by atoms with van der Waals surface area (Å²) in [5, 5.41) is 7.28. The van der Waals surface area contributed by atoms with Crippen LogP contribution in [0.15, 0.2) is 0 Å². The number of nitrogens with zero attached hydrogens (tertiary/aromatic N) is 3. The topological polar surface area (TPSA) is 69.3 Å². The number of carbonyl (C=O) groups is 2. The van der Waals surface area contributed by atoms with Crippen LogP contribution >= 0.6 is 0 Å². The third kappa shape index (κ3) is 2.82. The van der Waals surface area contributed by atoms with Crippen molar-refractivity contribution in [3.8, 4) is 0 Å². The van der Waals surface area contributed by atoms with Gasteiger partial charge in [-0.05, 0) is 51.4 Å². The number of H-pyrrole nitrogens is 1. The average molecular weight is 330 g/mol. The van der Waals surface area contributed by atoms with Crippen molar-refractivity contribution in [3.05, 3.63) is 17.0 Å². The van der Waals surface area contributed by atoms with Gasteiger partial charge >= 0.3 is 0 Å². The van der Waals surface area contributed by atoms with E-state index in [-0.39, 0.29) is 17.7 Å². The van der Waals surface area contributed by atoms with Crippen molar-refractivity contribution in [2.45, 2.75) is 51.4 Å². The van der Waals surface area contributed by atoms with E-state index in [4.69, 9.17) is 0 Å². The highest BCUT2D eigenvalue weighted by Crippen LogP contribution is 2.26. The molecule has 3 aliphatic rings. The standard InChI is InChI=1S/C18H26N4O2/c23-17(21-9-2-1-3-10-21)13-6-5-11-22(12-13)18(24)16-14-7-4-8-15(14)19-20-16/h13H,1-12H2,(H,19,20)/t13-/m0/s1. The molecule has 0 aromatic carbocycles. The van der Waals surface area contributed by atoms with Gasteiger partial charge in [0.25, 0.3) is 5.91 Å². The van der Waals surface area contributed by atoms with Crippen LogP contribution in [0.1, 0.15) is 60.3 Å². The van der Waals surface area contributed by atoms with Crippen LogP contribution in [-0.4, -0.2) is 58.0 Å². The first-order valence-electron chi connectivity index (χ1n) is 9.38. The van der Waals surface area contributed by atoms with Gasteiger partial charge in [-0.3, -0.25) is 14.7 Å². The lowest BCUT2D eigenvalue weighted by molar-refractivity contribution is -0.137. The van der Waals surface area contributed by atoms with E-state index < -0.39 is 0 Å². The summed E-state index contributed by atoms with van der Waals surface area (Å²) in [4.78, 5) is 29.5. The Morgan fingerprint density at radius 3 is 2.58 bits per heavy atom. The Morgan fingerprint density at radius 1 is 0.958 bits per heavy atom. The van der Waals surface area contributed by atoms with Crippen LogP contribution in [0.5, 0.6) is 0 Å². The summed E-state index contributed by atoms with van der Waals surface area (Å²) in [5.41, 5.74) is 2.81. The van der Waals surface area contributed by atoms with Gasteiger partial charge in [-0.15, -0.1) is 0 Å². The summed E-state index contributed by atoms with van der Waals surface area (Å²) >= 11 is 0. The molecule has 0 unspecified atom stereocenters. The fourth-order valence-electron chi connectivity index (χ4n) is 4.38. The summed E-state index contributed by atoms with van der Waals surface area (Å²) in [6, 6.07) is 0. The highest BCUT2D eigenvalue weighted by Gasteiger charge is 2.34. The third-order valence-corrected chi connectivity index (χ3v) is 5.73. The van der Waals surface area contributed by atoms with Crippen LogP contribution in [0.3, 0.4) is 0 Å². The van der Waals surface area contributed by atoms with E-state index in [1.807, 2.05) is 9.80 Å². The zero-order valence-corrected chi connectivity index (χ0v) is 14.2. The number of hydrogen-bond acceptors (Lipinski definition) is 3. The second kappa shape index (κ2) is 6.57. The van der Waals surface area contributed by atoms with Crippen molar-refractivity contribution in [2.24, 2.45) is 5.92 Å². The minimum Gasteiger partial charge on any atom is -0.342 e. The van der Waals surface area contributed by atoms with Gasteiger partial charge in [0, 0.05) is 37.4 Å². The summed E-state index contributed by atoms with van der Waals surface area (Å²) < 4.78 is 0. The molecule has 1 N–H and O–H groups in total. The quantitative estimate of drug-likeness (QED) is 0.898. The number of fused-ring (bicyclic) bond motifs is 1. The molecule has 1 aliphatic carbocycles. The molecule has 2 saturated heterocycles. The predicted molar refractivity (Wildman–Crippen MR) is 89.7 cm³/mol. The maximum Gasteiger partial charge on any atom is 0.274 e. The highest BCUT2D eigenvalue weighted by molar-refractivity contribution is 5.94. The molecule has 2 aliphatic heterocycles. The van der Waals surface area contributed by atoms with E-state index in [1.54, 1.807) is 0 Å². The SMILES string of the molecule is O=C(c1n[nH]c2c1CCC2)N1CCC[C@H](C(=O)N2CCCCC2)C1. The maximum atomic E-state index is 12.9. The molecule has 6 heteroatoms. The van der Waals surface area contributed by atoms with Gasteiger partial charge in [0.05, 0.1) is 5.92 Å². The number of hydrogen-bond donors (Lipinski definition) is 1. The maximum absolute atomic E-state index is 12.9. The molecule has 3 heterocycles. The van der Waals surface area contributed by atoms with Gasteiger partial charge in [0.15, 0.2) is 5.69 Å². The lowest BCUT2D eigenvalue weighted by atomic mass is 9.95. The fraction of sp³-hybridized carbons (Fsp3) is 0.722. The first-order chi connectivity index (χ1) is 11.7. The van der Waals surface area contributed by atoms with Crippen LogP contribution in [0, 0.1) is 5.92 Å². The van der Waals surface area contributed by atoms with E-state index in [0.29, 0.717) is 12.2 Å². The van der Waals surface area contributed by atoms with Crippen LogP contribution in [0.4, 0.5) is 0 Å². The van der Waals surface area contributed by atoms with Crippen LogP contribution in [-0.2, 0) is 17.6 Å². The van der Waals surface area contributed by atoms with Crippen LogP contribution in [0.2, 0.25) is 0 Å². The Morgan fingerprint density at radius 2 is 1.75 bits per heavy atom. The Bertz CT molecular complexity index is 633. The van der Waals surface area contributed by atoms with Crippen molar-refractivity contribution in [1.29, 1.82) is 0 Å². The first kappa shape index (κ1) is 15.7. The molecule has 0 bridgehead atoms. The Hall–Kier alpha value is -1.85. The molecule has 0 radical (unpaired) electrons. The first-order valence-corrected chi connectivity index (χ1v) is 9.38. The predicted octanol–water partition coefficient (Wildman–Crippen LogP) is 1.76. The molecular formula is C18H26N4O2. The molecular weight excluding hydrogens is 304 g/mol. The van der Waals surface area contributed by atoms with Crippen molar-refractivity contribution in [3.63, 3.8) is 0 Å². The number of likely N-dealkylation sites (tertiary alicyclic amines) is 2. The summed E-state index contributed by atoms with van der Waals surface area (Å²) in [5.74, 6) is 0.220. The average Bonchev–Trinajstić information content (AvgIpc) is 3.25. The molecule has 6 nitrogen and oxygen atoms in total. The van der Waals surface area contributed by atoms with E-state index in [1.165, 1.54) is 6.42 Å². The Labute approximate surface area is 142 Å². The molecule has 24 heavy (non-hydrogen) atoms. The summed E-state index contributed by atoms with van der Waals surface area (Å²) in [7, 11) is 0. The normalized spacial score (nSPS) is 24.1. The smallest absolute Gasteiger partial charge is 0.274 e. The highest BCUT2D eigenvalue weighted by atomic mass is 16.2. The van der Waals surface area contributed by atoms with Crippen molar-refractivity contribution < 1.29 is 9.59 Å². The van der Waals surface area contributed by atoms with Gasteiger partial charge in [0.1, 0.15) is 0 Å². The fourth-order valence-corrected chi connectivity index (χ4v) is 4.38. The van der Waals surface area contributed by atoms with E-state index in [2.05, 4.69) is 10.2 Å². The second-order valence-electron chi connectivity index (χ2n) is 7.36. The Kier molecular flexibility index (Phi) is 4.29. The lowest BCUT2D eigenvalue weighted by Crippen LogP contribution is -2.48. The third-order valence-electron chi connectivity index (χ3n) is 5.73. The van der Waals surface area contributed by atoms with E-state index in [0.717, 1.165) is 75.8 Å². The molecule has 1 aromatic heterocycles. The molecule has 1 atom stereocenters. The van der Waals surface area contributed by atoms with E-state index in [9.17, 15) is 9.59 Å². The zero-order valence-electron chi connectivity index (χ0n) is 14.2. The largest absolute Gasteiger partial charge is 0.342 e. The van der Waals surface area contributed by atoms with Gasteiger partial charge in [-0.2, -0.15) is 5.10 Å². The number of nitrogens with one attached hydrogen (secondary N) is 1.